The van der Waals surface area contributed by atoms with Crippen LogP contribution in [-0.2, 0) is 14.4 Å². The zero-order valence-corrected chi connectivity index (χ0v) is 15.9. The molecule has 1 aliphatic heterocycles. The molecule has 2 fully saturated rings. The maximum absolute atomic E-state index is 13.1. The van der Waals surface area contributed by atoms with Gasteiger partial charge in [-0.2, -0.15) is 0 Å². The number of halogens is 1. The van der Waals surface area contributed by atoms with Crippen molar-refractivity contribution in [3.05, 3.63) is 29.3 Å². The van der Waals surface area contributed by atoms with E-state index in [1.165, 1.54) is 11.3 Å². The van der Waals surface area contributed by atoms with Crippen molar-refractivity contribution in [2.75, 3.05) is 4.90 Å². The normalized spacial score (nSPS) is 21.3. The van der Waals surface area contributed by atoms with Crippen LogP contribution in [0, 0.1) is 0 Å². The highest BCUT2D eigenvalue weighted by Gasteiger charge is 2.46. The lowest BCUT2D eigenvalue weighted by molar-refractivity contribution is -0.141. The van der Waals surface area contributed by atoms with Crippen LogP contribution >= 0.6 is 11.6 Å². The molecule has 6 heteroatoms. The van der Waals surface area contributed by atoms with Gasteiger partial charge in [0.2, 0.25) is 11.8 Å². The molecule has 26 heavy (non-hydrogen) atoms. The number of hydrogen-bond acceptors (Lipinski definition) is 3. The maximum Gasteiger partial charge on any atom is 0.257 e. The van der Waals surface area contributed by atoms with Gasteiger partial charge in [0.15, 0.2) is 0 Å². The minimum absolute atomic E-state index is 0.0106. The van der Waals surface area contributed by atoms with Gasteiger partial charge in [-0.15, -0.1) is 0 Å². The van der Waals surface area contributed by atoms with Gasteiger partial charge in [0.05, 0.1) is 12.1 Å². The molecule has 2 aliphatic rings. The second kappa shape index (κ2) is 8.21. The molecule has 0 bridgehead atoms. The van der Waals surface area contributed by atoms with E-state index in [1.54, 1.807) is 29.2 Å². The minimum atomic E-state index is -0.680. The molecule has 0 spiro atoms. The summed E-state index contributed by atoms with van der Waals surface area (Å²) in [5.41, 5.74) is 0.512. The van der Waals surface area contributed by atoms with E-state index in [-0.39, 0.29) is 30.2 Å². The van der Waals surface area contributed by atoms with Crippen LogP contribution < -0.4 is 4.90 Å². The van der Waals surface area contributed by atoms with Crippen molar-refractivity contribution in [2.24, 2.45) is 0 Å². The van der Waals surface area contributed by atoms with Crippen molar-refractivity contribution in [1.82, 2.24) is 4.90 Å². The predicted molar refractivity (Wildman–Crippen MR) is 101 cm³/mol. The molecule has 1 saturated heterocycles. The van der Waals surface area contributed by atoms with E-state index in [0.29, 0.717) is 17.1 Å². The maximum atomic E-state index is 13.1. The van der Waals surface area contributed by atoms with Gasteiger partial charge in [-0.1, -0.05) is 37.8 Å². The lowest BCUT2D eigenvalue weighted by Crippen LogP contribution is -2.51. The molecule has 0 N–H and O–H groups in total. The first-order chi connectivity index (χ1) is 12.5. The Labute approximate surface area is 159 Å². The smallest absolute Gasteiger partial charge is 0.257 e. The average Bonchev–Trinajstić information content (AvgIpc) is 2.92. The fraction of sp³-hybridized carbons (Fsp3) is 0.550. The number of nitrogens with zero attached hydrogens (tertiary/aromatic N) is 2. The third kappa shape index (κ3) is 3.78. The van der Waals surface area contributed by atoms with Crippen molar-refractivity contribution in [1.29, 1.82) is 0 Å². The van der Waals surface area contributed by atoms with Crippen molar-refractivity contribution >= 4 is 35.0 Å². The van der Waals surface area contributed by atoms with Crippen LogP contribution in [-0.4, -0.2) is 34.7 Å². The van der Waals surface area contributed by atoms with Gasteiger partial charge in [-0.05, 0) is 43.5 Å². The topological polar surface area (TPSA) is 57.7 Å². The van der Waals surface area contributed by atoms with Crippen LogP contribution in [0.2, 0.25) is 5.02 Å². The first kappa shape index (κ1) is 18.9. The number of carbonyl (C=O) groups excluding carboxylic acids is 3. The van der Waals surface area contributed by atoms with Gasteiger partial charge < -0.3 is 4.90 Å². The number of hydrogen-bond donors (Lipinski definition) is 0. The number of amides is 3. The van der Waals surface area contributed by atoms with Gasteiger partial charge >= 0.3 is 0 Å². The molecule has 1 heterocycles. The quantitative estimate of drug-likeness (QED) is 0.731. The fourth-order valence-electron chi connectivity index (χ4n) is 4.03. The van der Waals surface area contributed by atoms with E-state index in [1.807, 2.05) is 6.92 Å². The molecule has 1 atom stereocenters. The van der Waals surface area contributed by atoms with Gasteiger partial charge in [0.25, 0.3) is 5.91 Å². The van der Waals surface area contributed by atoms with E-state index in [2.05, 4.69) is 0 Å². The summed E-state index contributed by atoms with van der Waals surface area (Å²) in [5.74, 6) is -0.566. The molecule has 1 aliphatic carbocycles. The molecule has 1 aromatic rings. The molecule has 0 radical (unpaired) electrons. The van der Waals surface area contributed by atoms with Crippen LogP contribution in [0.1, 0.15) is 58.3 Å². The number of benzene rings is 1. The summed E-state index contributed by atoms with van der Waals surface area (Å²) in [6.45, 7) is 1.96. The molecule has 1 unspecified atom stereocenters. The van der Waals surface area contributed by atoms with Crippen LogP contribution in [0.4, 0.5) is 5.69 Å². The van der Waals surface area contributed by atoms with E-state index >= 15 is 0 Å². The number of anilines is 1. The van der Waals surface area contributed by atoms with E-state index in [9.17, 15) is 14.4 Å². The molecule has 3 amide bonds. The highest BCUT2D eigenvalue weighted by molar-refractivity contribution is 6.30. The average molecular weight is 377 g/mol. The first-order valence-electron chi connectivity index (χ1n) is 9.46. The summed E-state index contributed by atoms with van der Waals surface area (Å²) in [5, 5.41) is 0.548. The van der Waals surface area contributed by atoms with Crippen molar-refractivity contribution in [3.63, 3.8) is 0 Å². The Kier molecular flexibility index (Phi) is 5.97. The van der Waals surface area contributed by atoms with Crippen LogP contribution in [0.3, 0.4) is 0 Å². The van der Waals surface area contributed by atoms with E-state index < -0.39 is 6.04 Å². The van der Waals surface area contributed by atoms with Gasteiger partial charge in [0.1, 0.15) is 6.04 Å². The Morgan fingerprint density at radius 3 is 2.42 bits per heavy atom. The summed E-state index contributed by atoms with van der Waals surface area (Å²) < 4.78 is 0. The second-order valence-electron chi connectivity index (χ2n) is 7.11. The minimum Gasteiger partial charge on any atom is -0.327 e. The monoisotopic (exact) mass is 376 g/mol. The van der Waals surface area contributed by atoms with Gasteiger partial charge in [-0.3, -0.25) is 14.4 Å². The Hall–Kier alpha value is -1.88. The zero-order valence-electron chi connectivity index (χ0n) is 15.1. The fourth-order valence-corrected chi connectivity index (χ4v) is 4.15. The Bertz CT molecular complexity index is 683. The van der Waals surface area contributed by atoms with E-state index in [4.69, 9.17) is 11.6 Å². The molecule has 0 aromatic heterocycles. The summed E-state index contributed by atoms with van der Waals surface area (Å²) in [7, 11) is 0. The van der Waals surface area contributed by atoms with Crippen LogP contribution in [0.5, 0.6) is 0 Å². The first-order valence-corrected chi connectivity index (χ1v) is 9.84. The van der Waals surface area contributed by atoms with E-state index in [0.717, 1.165) is 32.1 Å². The number of imide groups is 1. The van der Waals surface area contributed by atoms with Crippen LogP contribution in [0.15, 0.2) is 24.3 Å². The highest BCUT2D eigenvalue weighted by Crippen LogP contribution is 2.32. The third-order valence-electron chi connectivity index (χ3n) is 5.26. The molecular formula is C20H25ClN2O3. The van der Waals surface area contributed by atoms with Gasteiger partial charge in [0, 0.05) is 17.5 Å². The summed E-state index contributed by atoms with van der Waals surface area (Å²) >= 11 is 5.91. The number of rotatable bonds is 5. The summed E-state index contributed by atoms with van der Waals surface area (Å²) in [6.07, 6.45) is 6.33. The lowest BCUT2D eigenvalue weighted by Gasteiger charge is -2.37. The Balaban J connectivity index is 1.87. The summed E-state index contributed by atoms with van der Waals surface area (Å²) in [4.78, 5) is 41.4. The van der Waals surface area contributed by atoms with Crippen LogP contribution in [0.25, 0.3) is 0 Å². The third-order valence-corrected chi connectivity index (χ3v) is 5.52. The molecule has 5 nitrogen and oxygen atoms in total. The summed E-state index contributed by atoms with van der Waals surface area (Å²) in [6, 6.07) is 6.03. The van der Waals surface area contributed by atoms with Crippen molar-refractivity contribution < 1.29 is 14.4 Å². The Morgan fingerprint density at radius 1 is 1.15 bits per heavy atom. The molecule has 140 valence electrons. The molecular weight excluding hydrogens is 352 g/mol. The second-order valence-corrected chi connectivity index (χ2v) is 7.54. The molecule has 1 aromatic carbocycles. The lowest BCUT2D eigenvalue weighted by atomic mass is 9.92. The van der Waals surface area contributed by atoms with Gasteiger partial charge in [-0.25, -0.2) is 4.90 Å². The number of carbonyl (C=O) groups is 3. The zero-order chi connectivity index (χ0) is 18.7. The predicted octanol–water partition coefficient (Wildman–Crippen LogP) is 3.93. The van der Waals surface area contributed by atoms with Crippen molar-refractivity contribution in [3.8, 4) is 0 Å². The largest absolute Gasteiger partial charge is 0.327 e. The SMILES string of the molecule is CCCC(=O)N(C1CCCCC1)C1CC(=O)N(c2ccc(Cl)cc2)C1=O. The van der Waals surface area contributed by atoms with Crippen molar-refractivity contribution in [2.45, 2.75) is 70.4 Å². The molecule has 3 rings (SSSR count). The highest BCUT2D eigenvalue weighted by atomic mass is 35.5. The standard InChI is InChI=1S/C20H25ClN2O3/c1-2-6-18(24)22(15-7-4-3-5-8-15)17-13-19(25)23(20(17)26)16-11-9-14(21)10-12-16/h9-12,15,17H,2-8,13H2,1H3. The Morgan fingerprint density at radius 2 is 1.81 bits per heavy atom. The molecule has 1 saturated carbocycles.